The van der Waals surface area contributed by atoms with Gasteiger partial charge in [-0.15, -0.1) is 0 Å². The molecule has 0 amide bonds. The minimum absolute atomic E-state index is 0.872. The number of nitrogens with zero attached hydrogens (tertiary/aromatic N) is 1. The van der Waals surface area contributed by atoms with Crippen LogP contribution >= 0.6 is 0 Å². The van der Waals surface area contributed by atoms with Crippen molar-refractivity contribution in [1.29, 1.82) is 0 Å². The number of hydrogen-bond acceptors (Lipinski definition) is 2. The molecule has 10 aromatic rings. The molecular weight excluding hydrogens is 655 g/mol. The van der Waals surface area contributed by atoms with E-state index in [1.807, 2.05) is 0 Å². The quantitative estimate of drug-likeness (QED) is 0.166. The molecule has 0 saturated carbocycles. The van der Waals surface area contributed by atoms with Gasteiger partial charge in [0.15, 0.2) is 0 Å². The summed E-state index contributed by atoms with van der Waals surface area (Å²) in [6.45, 7) is 0. The molecule has 1 aromatic heterocycles. The summed E-state index contributed by atoms with van der Waals surface area (Å²) >= 11 is 0. The number of fused-ring (bicyclic) bond motifs is 4. The van der Waals surface area contributed by atoms with Crippen molar-refractivity contribution >= 4 is 49.8 Å². The maximum absolute atomic E-state index is 6.62. The molecule has 0 spiro atoms. The molecule has 0 aliphatic rings. The Morgan fingerprint density at radius 3 is 1.22 bits per heavy atom. The number of anilines is 3. The van der Waals surface area contributed by atoms with Crippen LogP contribution in [0.25, 0.3) is 77.2 Å². The highest BCUT2D eigenvalue weighted by molar-refractivity contribution is 6.18. The van der Waals surface area contributed by atoms with E-state index >= 15 is 0 Å². The van der Waals surface area contributed by atoms with Gasteiger partial charge in [0, 0.05) is 27.7 Å². The van der Waals surface area contributed by atoms with Gasteiger partial charge in [-0.1, -0.05) is 164 Å². The van der Waals surface area contributed by atoms with Crippen molar-refractivity contribution < 1.29 is 4.42 Å². The van der Waals surface area contributed by atoms with Crippen LogP contribution in [0.3, 0.4) is 0 Å². The molecule has 0 saturated heterocycles. The number of hydrogen-bond donors (Lipinski definition) is 0. The summed E-state index contributed by atoms with van der Waals surface area (Å²) in [6, 6.07) is 75.8. The van der Waals surface area contributed by atoms with Crippen LogP contribution in [0.5, 0.6) is 0 Å². The zero-order valence-electron chi connectivity index (χ0n) is 29.6. The van der Waals surface area contributed by atoms with E-state index in [1.165, 1.54) is 44.2 Å². The van der Waals surface area contributed by atoms with Crippen LogP contribution in [-0.2, 0) is 0 Å². The van der Waals surface area contributed by atoms with Gasteiger partial charge >= 0.3 is 0 Å². The van der Waals surface area contributed by atoms with Crippen LogP contribution in [0, 0.1) is 0 Å². The second-order valence-electron chi connectivity index (χ2n) is 13.7. The molecule has 0 radical (unpaired) electrons. The summed E-state index contributed by atoms with van der Waals surface area (Å²) in [5, 5.41) is 4.58. The zero-order chi connectivity index (χ0) is 35.8. The number of rotatable bonds is 7. The Morgan fingerprint density at radius 2 is 0.722 bits per heavy atom. The Hall–Kier alpha value is -7.16. The highest BCUT2D eigenvalue weighted by Gasteiger charge is 2.23. The van der Waals surface area contributed by atoms with Gasteiger partial charge in [0.25, 0.3) is 0 Å². The fraction of sp³-hybridized carbons (Fsp3) is 0. The van der Waals surface area contributed by atoms with Crippen LogP contribution in [0.4, 0.5) is 17.1 Å². The second-order valence-corrected chi connectivity index (χ2v) is 13.7. The van der Waals surface area contributed by atoms with Gasteiger partial charge in [-0.3, -0.25) is 0 Å². The van der Waals surface area contributed by atoms with Crippen molar-refractivity contribution in [2.24, 2.45) is 0 Å². The molecule has 0 unspecified atom stereocenters. The lowest BCUT2D eigenvalue weighted by atomic mass is 9.95. The Labute approximate surface area is 314 Å². The fourth-order valence-corrected chi connectivity index (χ4v) is 7.78. The monoisotopic (exact) mass is 689 g/mol. The summed E-state index contributed by atoms with van der Waals surface area (Å²) < 4.78 is 6.62. The van der Waals surface area contributed by atoms with Crippen molar-refractivity contribution in [3.63, 3.8) is 0 Å². The SMILES string of the molecule is c1ccc(-c2ccc(-c3ccc(N(c4ccc(-c5ccccc5)cc4)c4ccc5oc6cc7ccccc7cc6c5c4-c4ccccc4)cc3)cc2)cc1. The van der Waals surface area contributed by atoms with Crippen LogP contribution in [-0.4, -0.2) is 0 Å². The first-order valence-corrected chi connectivity index (χ1v) is 18.4. The molecule has 1 heterocycles. The van der Waals surface area contributed by atoms with Gasteiger partial charge in [0.05, 0.1) is 5.69 Å². The molecule has 254 valence electrons. The van der Waals surface area contributed by atoms with E-state index in [0.717, 1.165) is 50.1 Å². The van der Waals surface area contributed by atoms with E-state index < -0.39 is 0 Å². The smallest absolute Gasteiger partial charge is 0.136 e. The van der Waals surface area contributed by atoms with E-state index in [4.69, 9.17) is 4.42 Å². The van der Waals surface area contributed by atoms with Crippen LogP contribution in [0.2, 0.25) is 0 Å². The normalized spacial score (nSPS) is 11.3. The fourth-order valence-electron chi connectivity index (χ4n) is 7.78. The number of benzene rings is 9. The van der Waals surface area contributed by atoms with Crippen LogP contribution in [0.1, 0.15) is 0 Å². The first kappa shape index (κ1) is 31.6. The minimum Gasteiger partial charge on any atom is -0.456 e. The van der Waals surface area contributed by atoms with Crippen molar-refractivity contribution in [2.75, 3.05) is 4.90 Å². The van der Waals surface area contributed by atoms with Gasteiger partial charge in [0.2, 0.25) is 0 Å². The van der Waals surface area contributed by atoms with E-state index in [1.54, 1.807) is 0 Å². The van der Waals surface area contributed by atoms with E-state index in [9.17, 15) is 0 Å². The minimum atomic E-state index is 0.872. The molecular formula is C52H35NO. The third-order valence-corrected chi connectivity index (χ3v) is 10.5. The van der Waals surface area contributed by atoms with Crippen molar-refractivity contribution in [3.8, 4) is 44.5 Å². The molecule has 54 heavy (non-hydrogen) atoms. The highest BCUT2D eigenvalue weighted by Crippen LogP contribution is 2.48. The molecule has 0 aliphatic carbocycles. The third-order valence-electron chi connectivity index (χ3n) is 10.5. The van der Waals surface area contributed by atoms with Gasteiger partial charge < -0.3 is 9.32 Å². The first-order valence-electron chi connectivity index (χ1n) is 18.4. The van der Waals surface area contributed by atoms with Crippen molar-refractivity contribution in [1.82, 2.24) is 0 Å². The molecule has 0 bridgehead atoms. The summed E-state index contributed by atoms with van der Waals surface area (Å²) in [6.07, 6.45) is 0. The highest BCUT2D eigenvalue weighted by atomic mass is 16.3. The van der Waals surface area contributed by atoms with Crippen molar-refractivity contribution in [2.45, 2.75) is 0 Å². The first-order chi connectivity index (χ1) is 26.8. The maximum atomic E-state index is 6.62. The molecule has 9 aromatic carbocycles. The van der Waals surface area contributed by atoms with Crippen LogP contribution in [0.15, 0.2) is 217 Å². The third kappa shape index (κ3) is 5.71. The molecule has 2 nitrogen and oxygen atoms in total. The molecule has 10 rings (SSSR count). The topological polar surface area (TPSA) is 16.4 Å². The molecule has 0 aliphatic heterocycles. The van der Waals surface area contributed by atoms with E-state index in [-0.39, 0.29) is 0 Å². The Bertz CT molecular complexity index is 2880. The maximum Gasteiger partial charge on any atom is 0.136 e. The predicted molar refractivity (Wildman–Crippen MR) is 228 cm³/mol. The summed E-state index contributed by atoms with van der Waals surface area (Å²) in [5.41, 5.74) is 14.4. The summed E-state index contributed by atoms with van der Waals surface area (Å²) in [7, 11) is 0. The lowest BCUT2D eigenvalue weighted by Crippen LogP contribution is -2.11. The molecule has 0 fully saturated rings. The predicted octanol–water partition coefficient (Wildman–Crippen LogP) is 14.9. The van der Waals surface area contributed by atoms with Gasteiger partial charge in [-0.2, -0.15) is 0 Å². The van der Waals surface area contributed by atoms with Gasteiger partial charge in [-0.05, 0) is 98.2 Å². The average Bonchev–Trinajstić information content (AvgIpc) is 3.61. The Kier molecular flexibility index (Phi) is 7.85. The largest absolute Gasteiger partial charge is 0.456 e. The lowest BCUT2D eigenvalue weighted by molar-refractivity contribution is 0.669. The summed E-state index contributed by atoms with van der Waals surface area (Å²) in [4.78, 5) is 2.39. The number of furan rings is 1. The summed E-state index contributed by atoms with van der Waals surface area (Å²) in [5.74, 6) is 0. The molecule has 2 heteroatoms. The lowest BCUT2D eigenvalue weighted by Gasteiger charge is -2.28. The van der Waals surface area contributed by atoms with E-state index in [0.29, 0.717) is 0 Å². The second kappa shape index (κ2) is 13.4. The molecule has 0 atom stereocenters. The van der Waals surface area contributed by atoms with Crippen LogP contribution < -0.4 is 4.90 Å². The van der Waals surface area contributed by atoms with Gasteiger partial charge in [0.1, 0.15) is 11.2 Å². The van der Waals surface area contributed by atoms with Gasteiger partial charge in [-0.25, -0.2) is 0 Å². The Balaban J connectivity index is 1.15. The standard InChI is InChI=1S/C52H35NO/c1-4-12-36(13-5-1)38-20-22-39(23-21-38)41-26-30-46(31-27-41)53(45-28-24-40(25-29-45)37-14-6-2-7-15-37)48-32-33-49-52(51(48)42-16-8-3-9-17-42)47-34-43-18-10-11-19-44(43)35-50(47)54-49/h1-35H. The Morgan fingerprint density at radius 1 is 0.315 bits per heavy atom. The van der Waals surface area contributed by atoms with E-state index in [2.05, 4.69) is 217 Å². The molecule has 0 N–H and O–H groups in total. The zero-order valence-corrected chi connectivity index (χ0v) is 29.6. The average molecular weight is 690 g/mol. The van der Waals surface area contributed by atoms with Crippen molar-refractivity contribution in [3.05, 3.63) is 212 Å².